The van der Waals surface area contributed by atoms with Crippen molar-refractivity contribution in [2.45, 2.75) is 6.92 Å². The molecule has 0 saturated carbocycles. The summed E-state index contributed by atoms with van der Waals surface area (Å²) in [5.41, 5.74) is 1.37. The summed E-state index contributed by atoms with van der Waals surface area (Å²) in [4.78, 5) is 12.1. The van der Waals surface area contributed by atoms with Crippen molar-refractivity contribution in [3.05, 3.63) is 59.1 Å². The molecule has 8 heteroatoms. The van der Waals surface area contributed by atoms with Gasteiger partial charge in [0.2, 0.25) is 15.9 Å². The summed E-state index contributed by atoms with van der Waals surface area (Å²) in [5, 5.41) is 3.27. The number of rotatable bonds is 8. The number of halogens is 1. The lowest BCUT2D eigenvalue weighted by molar-refractivity contribution is -0.119. The fourth-order valence-corrected chi connectivity index (χ4v) is 3.23. The molecular formula is C18H21ClN2O4S. The van der Waals surface area contributed by atoms with Gasteiger partial charge in [0.15, 0.2) is 0 Å². The van der Waals surface area contributed by atoms with Gasteiger partial charge in [0.25, 0.3) is 0 Å². The highest BCUT2D eigenvalue weighted by molar-refractivity contribution is 7.92. The van der Waals surface area contributed by atoms with E-state index in [1.807, 2.05) is 13.0 Å². The largest absolute Gasteiger partial charge is 0.492 e. The van der Waals surface area contributed by atoms with Gasteiger partial charge in [-0.15, -0.1) is 0 Å². The molecule has 140 valence electrons. The molecular weight excluding hydrogens is 376 g/mol. The van der Waals surface area contributed by atoms with Crippen molar-refractivity contribution in [2.75, 3.05) is 30.3 Å². The fourth-order valence-electron chi connectivity index (χ4n) is 2.26. The summed E-state index contributed by atoms with van der Waals surface area (Å²) in [5.74, 6) is 0.234. The molecule has 0 aliphatic heterocycles. The zero-order valence-electron chi connectivity index (χ0n) is 14.6. The van der Waals surface area contributed by atoms with Gasteiger partial charge < -0.3 is 10.1 Å². The van der Waals surface area contributed by atoms with Gasteiger partial charge in [-0.25, -0.2) is 8.42 Å². The number of hydrogen-bond donors (Lipinski definition) is 1. The Labute approximate surface area is 158 Å². The molecule has 0 radical (unpaired) electrons. The molecule has 0 aliphatic rings. The molecule has 0 heterocycles. The number of nitrogens with one attached hydrogen (secondary N) is 1. The van der Waals surface area contributed by atoms with Crippen LogP contribution in [0.4, 0.5) is 5.69 Å². The molecule has 1 amide bonds. The van der Waals surface area contributed by atoms with Crippen LogP contribution in [0.5, 0.6) is 5.75 Å². The molecule has 2 rings (SSSR count). The van der Waals surface area contributed by atoms with E-state index in [0.717, 1.165) is 16.1 Å². The smallest absolute Gasteiger partial charge is 0.240 e. The standard InChI is InChI=1S/C18H21ClN2O4S/c1-14-4-3-5-16(12-14)21(26(2,23)24)13-18(22)20-10-11-25-17-8-6-15(19)7-9-17/h3-9,12H,10-11,13H2,1-2H3,(H,20,22). The van der Waals surface area contributed by atoms with E-state index in [1.165, 1.54) is 0 Å². The Balaban J connectivity index is 1.88. The predicted molar refractivity (Wildman–Crippen MR) is 103 cm³/mol. The third-order valence-corrected chi connectivity index (χ3v) is 4.88. The summed E-state index contributed by atoms with van der Waals surface area (Å²) in [6.07, 6.45) is 1.08. The number of amides is 1. The van der Waals surface area contributed by atoms with Gasteiger partial charge in [0.1, 0.15) is 18.9 Å². The average molecular weight is 397 g/mol. The molecule has 0 atom stereocenters. The number of sulfonamides is 1. The minimum absolute atomic E-state index is 0.257. The minimum Gasteiger partial charge on any atom is -0.492 e. The van der Waals surface area contributed by atoms with Crippen LogP contribution in [0, 0.1) is 6.92 Å². The molecule has 0 spiro atoms. The minimum atomic E-state index is -3.58. The van der Waals surface area contributed by atoms with Crippen LogP contribution in [0.3, 0.4) is 0 Å². The lowest BCUT2D eigenvalue weighted by Gasteiger charge is -2.22. The van der Waals surface area contributed by atoms with E-state index >= 15 is 0 Å². The van der Waals surface area contributed by atoms with E-state index in [2.05, 4.69) is 5.32 Å². The van der Waals surface area contributed by atoms with E-state index in [0.29, 0.717) is 16.5 Å². The number of carbonyl (C=O) groups excluding carboxylic acids is 1. The van der Waals surface area contributed by atoms with E-state index in [4.69, 9.17) is 16.3 Å². The van der Waals surface area contributed by atoms with Crippen molar-refractivity contribution in [2.24, 2.45) is 0 Å². The molecule has 1 N–H and O–H groups in total. The summed E-state index contributed by atoms with van der Waals surface area (Å²) >= 11 is 5.79. The third-order valence-electron chi connectivity index (χ3n) is 3.48. The Morgan fingerprint density at radius 3 is 2.50 bits per heavy atom. The van der Waals surface area contributed by atoms with Crippen molar-refractivity contribution >= 4 is 33.2 Å². The maximum atomic E-state index is 12.1. The monoisotopic (exact) mass is 396 g/mol. The first-order chi connectivity index (χ1) is 12.3. The quantitative estimate of drug-likeness (QED) is 0.696. The topological polar surface area (TPSA) is 75.7 Å². The SMILES string of the molecule is Cc1cccc(N(CC(=O)NCCOc2ccc(Cl)cc2)S(C)(=O)=O)c1. The van der Waals surface area contributed by atoms with E-state index in [1.54, 1.807) is 42.5 Å². The number of carbonyl (C=O) groups is 1. The van der Waals surface area contributed by atoms with Gasteiger partial charge in [-0.1, -0.05) is 23.7 Å². The Hall–Kier alpha value is -2.25. The number of nitrogens with zero attached hydrogens (tertiary/aromatic N) is 1. The first-order valence-corrected chi connectivity index (χ1v) is 10.2. The van der Waals surface area contributed by atoms with Crippen LogP contribution >= 0.6 is 11.6 Å². The molecule has 2 aromatic rings. The fraction of sp³-hybridized carbons (Fsp3) is 0.278. The molecule has 0 fully saturated rings. The number of aryl methyl sites for hydroxylation is 1. The van der Waals surface area contributed by atoms with Gasteiger partial charge in [-0.2, -0.15) is 0 Å². The van der Waals surface area contributed by atoms with Gasteiger partial charge >= 0.3 is 0 Å². The van der Waals surface area contributed by atoms with Crippen LogP contribution in [0.15, 0.2) is 48.5 Å². The summed E-state index contributed by atoms with van der Waals surface area (Å²) in [7, 11) is -3.58. The maximum absolute atomic E-state index is 12.1. The first kappa shape index (κ1) is 20.1. The average Bonchev–Trinajstić information content (AvgIpc) is 2.57. The van der Waals surface area contributed by atoms with Crippen LogP contribution in [-0.2, 0) is 14.8 Å². The predicted octanol–water partition coefficient (Wildman–Crippen LogP) is 2.61. The molecule has 0 saturated heterocycles. The Morgan fingerprint density at radius 2 is 1.88 bits per heavy atom. The molecule has 26 heavy (non-hydrogen) atoms. The second-order valence-electron chi connectivity index (χ2n) is 5.76. The maximum Gasteiger partial charge on any atom is 0.240 e. The zero-order chi connectivity index (χ0) is 19.2. The zero-order valence-corrected chi connectivity index (χ0v) is 16.2. The highest BCUT2D eigenvalue weighted by Crippen LogP contribution is 2.18. The van der Waals surface area contributed by atoms with Gasteiger partial charge in [-0.05, 0) is 48.9 Å². The van der Waals surface area contributed by atoms with Crippen molar-refractivity contribution in [1.82, 2.24) is 5.32 Å². The number of ether oxygens (including phenoxy) is 1. The molecule has 0 aliphatic carbocycles. The number of hydrogen-bond acceptors (Lipinski definition) is 4. The Bertz CT molecular complexity index is 854. The normalized spacial score (nSPS) is 11.0. The van der Waals surface area contributed by atoms with Gasteiger partial charge in [0, 0.05) is 5.02 Å². The van der Waals surface area contributed by atoms with Crippen LogP contribution < -0.4 is 14.4 Å². The molecule has 0 bridgehead atoms. The summed E-state index contributed by atoms with van der Waals surface area (Å²) in [6, 6.07) is 13.9. The van der Waals surface area contributed by atoms with Crippen LogP contribution in [0.1, 0.15) is 5.56 Å². The first-order valence-electron chi connectivity index (χ1n) is 7.95. The van der Waals surface area contributed by atoms with E-state index in [-0.39, 0.29) is 19.7 Å². The Morgan fingerprint density at radius 1 is 1.19 bits per heavy atom. The van der Waals surface area contributed by atoms with E-state index in [9.17, 15) is 13.2 Å². The third kappa shape index (κ3) is 6.24. The second kappa shape index (κ2) is 8.91. The lowest BCUT2D eigenvalue weighted by atomic mass is 10.2. The number of benzene rings is 2. The van der Waals surface area contributed by atoms with Gasteiger partial charge in [0.05, 0.1) is 18.5 Å². The van der Waals surface area contributed by atoms with Crippen molar-refractivity contribution in [3.63, 3.8) is 0 Å². The highest BCUT2D eigenvalue weighted by Gasteiger charge is 2.20. The van der Waals surface area contributed by atoms with Crippen molar-refractivity contribution in [1.29, 1.82) is 0 Å². The second-order valence-corrected chi connectivity index (χ2v) is 8.10. The van der Waals surface area contributed by atoms with Gasteiger partial charge in [-0.3, -0.25) is 9.10 Å². The summed E-state index contributed by atoms with van der Waals surface area (Å²) in [6.45, 7) is 2.09. The summed E-state index contributed by atoms with van der Waals surface area (Å²) < 4.78 is 30.6. The van der Waals surface area contributed by atoms with E-state index < -0.39 is 15.9 Å². The lowest BCUT2D eigenvalue weighted by Crippen LogP contribution is -2.41. The van der Waals surface area contributed by atoms with Crippen LogP contribution in [0.2, 0.25) is 5.02 Å². The van der Waals surface area contributed by atoms with Crippen LogP contribution in [0.25, 0.3) is 0 Å². The molecule has 6 nitrogen and oxygen atoms in total. The van der Waals surface area contributed by atoms with Crippen molar-refractivity contribution in [3.8, 4) is 5.75 Å². The molecule has 0 unspecified atom stereocenters. The highest BCUT2D eigenvalue weighted by atomic mass is 35.5. The number of anilines is 1. The molecule has 2 aromatic carbocycles. The molecule has 0 aromatic heterocycles. The Kier molecular flexibility index (Phi) is 6.88. The van der Waals surface area contributed by atoms with Crippen LogP contribution in [-0.4, -0.2) is 40.3 Å². The van der Waals surface area contributed by atoms with Crippen molar-refractivity contribution < 1.29 is 17.9 Å².